The summed E-state index contributed by atoms with van der Waals surface area (Å²) in [5.74, 6) is 1.61. The predicted octanol–water partition coefficient (Wildman–Crippen LogP) is 3.77. The smallest absolute Gasteiger partial charge is 0.234 e. The Kier molecular flexibility index (Phi) is 11.2. The summed E-state index contributed by atoms with van der Waals surface area (Å²) < 4.78 is 17.9. The normalized spacial score (nSPS) is 13.3. The zero-order valence-corrected chi connectivity index (χ0v) is 24.1. The number of nitrogens with zero attached hydrogens (tertiary/aromatic N) is 2. The first kappa shape index (κ1) is 31.9. The number of ether oxygens (including phenoxy) is 1. The molecule has 0 aliphatic rings. The van der Waals surface area contributed by atoms with Crippen molar-refractivity contribution in [1.82, 2.24) is 10.3 Å². The van der Waals surface area contributed by atoms with E-state index in [2.05, 4.69) is 34.3 Å². The van der Waals surface area contributed by atoms with E-state index in [0.717, 1.165) is 39.3 Å². The van der Waals surface area contributed by atoms with Crippen LogP contribution >= 0.6 is 0 Å². The molecule has 7 nitrogen and oxygen atoms in total. The van der Waals surface area contributed by atoms with E-state index in [1.807, 2.05) is 58.0 Å². The second-order valence-electron chi connectivity index (χ2n) is 10.0. The van der Waals surface area contributed by atoms with Crippen LogP contribution in [0.1, 0.15) is 38.8 Å². The summed E-state index contributed by atoms with van der Waals surface area (Å²) >= 11 is 0. The number of aliphatic imine (C=N–C) groups is 1. The van der Waals surface area contributed by atoms with Crippen LogP contribution in [0.2, 0.25) is 0 Å². The molecule has 0 spiro atoms. The second kappa shape index (κ2) is 13.6. The monoisotopic (exact) mass is 538 g/mol. The number of carbonyl (C=O) groups is 1. The molecule has 1 aromatic heterocycles. The maximum Gasteiger partial charge on any atom is 0.234 e. The van der Waals surface area contributed by atoms with Gasteiger partial charge in [-0.2, -0.15) is 4.99 Å². The van der Waals surface area contributed by atoms with Gasteiger partial charge < -0.3 is 15.8 Å². The maximum absolute atomic E-state index is 11.7. The SMILES string of the molecule is CCc1ccc(Oc2ccnc3ccc(S(C)=O)cc23)c(C)c1.[B]C([B])([B])N/C(=C\C(N)=NC=O)C(C)(C)C. The van der Waals surface area contributed by atoms with E-state index in [1.165, 1.54) is 11.6 Å². The first-order chi connectivity index (χ1) is 18.1. The topological polar surface area (TPSA) is 107 Å². The number of amidine groups is 1. The van der Waals surface area contributed by atoms with E-state index < -0.39 is 16.0 Å². The van der Waals surface area contributed by atoms with Crippen molar-refractivity contribution < 1.29 is 13.7 Å². The number of benzene rings is 2. The number of hydrogen-bond acceptors (Lipinski definition) is 5. The number of amides is 1. The lowest BCUT2D eigenvalue weighted by atomic mass is 9.49. The molecule has 11 heteroatoms. The molecule has 0 saturated heterocycles. The van der Waals surface area contributed by atoms with Crippen molar-refractivity contribution in [2.75, 3.05) is 6.26 Å². The van der Waals surface area contributed by atoms with Crippen LogP contribution in [0.3, 0.4) is 0 Å². The third kappa shape index (κ3) is 10.1. The number of aromatic nitrogens is 1. The quantitative estimate of drug-likeness (QED) is 0.196. The van der Waals surface area contributed by atoms with Crippen LogP contribution in [0, 0.1) is 12.3 Å². The molecule has 0 fully saturated rings. The average molecular weight is 538 g/mol. The summed E-state index contributed by atoms with van der Waals surface area (Å²) in [5, 5.41) is 2.02. The molecule has 39 heavy (non-hydrogen) atoms. The second-order valence-corrected chi connectivity index (χ2v) is 11.4. The van der Waals surface area contributed by atoms with Crippen molar-refractivity contribution in [3.8, 4) is 11.5 Å². The number of pyridine rings is 1. The zero-order chi connectivity index (χ0) is 29.4. The third-order valence-electron chi connectivity index (χ3n) is 5.53. The molecule has 1 heterocycles. The Balaban J connectivity index is 0.000000295. The fourth-order valence-electron chi connectivity index (χ4n) is 3.45. The fourth-order valence-corrected chi connectivity index (χ4v) is 4.00. The molecule has 3 N–H and O–H groups in total. The van der Waals surface area contributed by atoms with Crippen molar-refractivity contribution >= 4 is 57.5 Å². The van der Waals surface area contributed by atoms with Gasteiger partial charge in [0.25, 0.3) is 0 Å². The number of hydrogen-bond donors (Lipinski definition) is 2. The molecule has 0 aliphatic carbocycles. The van der Waals surface area contributed by atoms with Gasteiger partial charge in [0.2, 0.25) is 6.41 Å². The number of rotatable bonds is 8. The summed E-state index contributed by atoms with van der Waals surface area (Å²) in [6, 6.07) is 13.7. The van der Waals surface area contributed by atoms with Gasteiger partial charge in [0.15, 0.2) is 0 Å². The van der Waals surface area contributed by atoms with Gasteiger partial charge in [-0.25, -0.2) is 0 Å². The van der Waals surface area contributed by atoms with Gasteiger partial charge in [0.05, 0.1) is 29.1 Å². The lowest BCUT2D eigenvalue weighted by molar-refractivity contribution is -0.106. The standard InChI is InChI=1S/C19H19NO2S.C9H14B3N3O/c1-4-14-5-8-18(13(2)11-14)22-19-9-10-20-17-7-6-15(23(3)21)12-16(17)19;1-8(2,3)6(15-9(10,11)12)4-7(13)14-5-16/h5-12H,4H2,1-3H3;4-5,15H,1-3H3,(H2,13,14,16)/b;6-4-. The molecule has 3 aromatic rings. The van der Waals surface area contributed by atoms with Crippen molar-refractivity contribution in [3.63, 3.8) is 0 Å². The number of nitrogens with one attached hydrogen (secondary N) is 1. The van der Waals surface area contributed by atoms with Gasteiger partial charge in [-0.3, -0.25) is 14.0 Å². The van der Waals surface area contributed by atoms with Crippen LogP contribution in [-0.4, -0.2) is 56.5 Å². The molecular formula is C28H33B3N4O3S. The van der Waals surface area contributed by atoms with Gasteiger partial charge in [-0.05, 0) is 60.9 Å². The van der Waals surface area contributed by atoms with E-state index in [9.17, 15) is 9.00 Å². The molecule has 6 radical (unpaired) electrons. The summed E-state index contributed by atoms with van der Waals surface area (Å²) in [6.45, 7) is 9.91. The van der Waals surface area contributed by atoms with Crippen molar-refractivity contribution in [2.45, 2.75) is 51.2 Å². The summed E-state index contributed by atoms with van der Waals surface area (Å²) in [6.07, 6.45) is 6.23. The Hall–Kier alpha value is -3.33. The molecule has 2 aromatic carbocycles. The zero-order valence-electron chi connectivity index (χ0n) is 23.3. The minimum absolute atomic E-state index is 0.0525. The Morgan fingerprint density at radius 1 is 1.13 bits per heavy atom. The van der Waals surface area contributed by atoms with E-state index in [-0.39, 0.29) is 11.3 Å². The highest BCUT2D eigenvalue weighted by atomic mass is 32.2. The first-order valence-corrected chi connectivity index (χ1v) is 13.8. The third-order valence-corrected chi connectivity index (χ3v) is 6.44. The predicted molar refractivity (Wildman–Crippen MR) is 163 cm³/mol. The van der Waals surface area contributed by atoms with Crippen LogP contribution in [0.15, 0.2) is 70.3 Å². The Morgan fingerprint density at radius 3 is 2.36 bits per heavy atom. The molecule has 0 bridgehead atoms. The molecule has 198 valence electrons. The van der Waals surface area contributed by atoms with E-state index in [1.54, 1.807) is 12.5 Å². The van der Waals surface area contributed by atoms with Gasteiger partial charge in [0.1, 0.15) is 17.3 Å². The molecular weight excluding hydrogens is 505 g/mol. The maximum atomic E-state index is 11.7. The van der Waals surface area contributed by atoms with Crippen molar-refractivity contribution in [1.29, 1.82) is 0 Å². The number of allylic oxidation sites excluding steroid dienone is 1. The molecule has 1 atom stereocenters. The fraction of sp³-hybridized carbons (Fsp3) is 0.321. The van der Waals surface area contributed by atoms with Crippen LogP contribution in [0.25, 0.3) is 10.9 Å². The van der Waals surface area contributed by atoms with E-state index in [4.69, 9.17) is 34.0 Å². The van der Waals surface area contributed by atoms with Crippen molar-refractivity contribution in [2.24, 2.45) is 16.1 Å². The number of fused-ring (bicyclic) bond motifs is 1. The average Bonchev–Trinajstić information content (AvgIpc) is 2.84. The highest BCUT2D eigenvalue weighted by molar-refractivity contribution is 7.84. The first-order valence-electron chi connectivity index (χ1n) is 12.3. The highest BCUT2D eigenvalue weighted by Gasteiger charge is 2.21. The van der Waals surface area contributed by atoms with Crippen LogP contribution in [0.4, 0.5) is 0 Å². The number of aryl methyl sites for hydroxylation is 2. The largest absolute Gasteiger partial charge is 0.456 e. The molecule has 0 aliphatic heterocycles. The minimum atomic E-state index is -1.55. The highest BCUT2D eigenvalue weighted by Crippen LogP contribution is 2.32. The molecule has 1 amide bonds. The van der Waals surface area contributed by atoms with E-state index >= 15 is 0 Å². The summed E-state index contributed by atoms with van der Waals surface area (Å²) in [5.41, 5.74) is 8.98. The summed E-state index contributed by atoms with van der Waals surface area (Å²) in [7, 11) is 15.3. The lowest BCUT2D eigenvalue weighted by Crippen LogP contribution is -2.49. The number of carbonyl (C=O) groups excluding carboxylic acids is 1. The van der Waals surface area contributed by atoms with Gasteiger partial charge in [-0.15, -0.1) is 0 Å². The van der Waals surface area contributed by atoms with Gasteiger partial charge in [0, 0.05) is 44.6 Å². The number of nitrogens with two attached hydrogens (primary N) is 1. The lowest BCUT2D eigenvalue weighted by Gasteiger charge is -2.33. The molecule has 1 unspecified atom stereocenters. The van der Waals surface area contributed by atoms with Crippen LogP contribution in [-0.2, 0) is 22.0 Å². The Morgan fingerprint density at radius 2 is 1.82 bits per heavy atom. The van der Waals surface area contributed by atoms with Crippen LogP contribution < -0.4 is 15.8 Å². The summed E-state index contributed by atoms with van der Waals surface area (Å²) in [4.78, 5) is 18.6. The molecule has 3 rings (SSSR count). The minimum Gasteiger partial charge on any atom is -0.456 e. The van der Waals surface area contributed by atoms with Gasteiger partial charge in [-0.1, -0.05) is 45.1 Å². The molecule has 0 saturated carbocycles. The Labute approximate surface area is 237 Å². The Bertz CT molecular complexity index is 1400. The van der Waals surface area contributed by atoms with E-state index in [0.29, 0.717) is 12.1 Å². The van der Waals surface area contributed by atoms with Crippen LogP contribution in [0.5, 0.6) is 11.5 Å². The van der Waals surface area contributed by atoms with Gasteiger partial charge >= 0.3 is 0 Å². The van der Waals surface area contributed by atoms with Crippen molar-refractivity contribution in [3.05, 3.63) is 71.6 Å².